The summed E-state index contributed by atoms with van der Waals surface area (Å²) in [7, 11) is 0. The average molecular weight is 228 g/mol. The Kier molecular flexibility index (Phi) is 2.74. The fraction of sp³-hybridized carbons (Fsp3) is 0.545. The number of amides is 1. The number of carbonyl (C=O) groups is 1. The Morgan fingerprint density at radius 1 is 1.60 bits per heavy atom. The first-order valence-corrected chi connectivity index (χ1v) is 5.56. The summed E-state index contributed by atoms with van der Waals surface area (Å²) in [6.45, 7) is 2.89. The van der Waals surface area contributed by atoms with Gasteiger partial charge in [0.2, 0.25) is 0 Å². The highest BCUT2D eigenvalue weighted by atomic mass is 35.5. The van der Waals surface area contributed by atoms with Crippen molar-refractivity contribution in [3.05, 3.63) is 23.1 Å². The zero-order valence-electron chi connectivity index (χ0n) is 8.68. The molecule has 1 aromatic heterocycles. The monoisotopic (exact) mass is 227 g/mol. The molecule has 0 radical (unpaired) electrons. The maximum absolute atomic E-state index is 11.6. The lowest BCUT2D eigenvalue weighted by Gasteiger charge is -2.12. The predicted molar refractivity (Wildman–Crippen MR) is 58.0 cm³/mol. The van der Waals surface area contributed by atoms with E-state index in [4.69, 9.17) is 16.0 Å². The Hall–Kier alpha value is -0.960. The second-order valence-electron chi connectivity index (χ2n) is 4.14. The second kappa shape index (κ2) is 3.89. The Labute approximate surface area is 93.8 Å². The van der Waals surface area contributed by atoms with Gasteiger partial charge in [0, 0.05) is 6.54 Å². The number of nitrogens with one attached hydrogen (secondary N) is 1. The SMILES string of the molecule is CCC1(CNC(=O)c2ccc(Cl)o2)CC1. The highest BCUT2D eigenvalue weighted by molar-refractivity contribution is 6.29. The molecule has 0 atom stereocenters. The topological polar surface area (TPSA) is 42.2 Å². The molecular formula is C11H14ClNO2. The van der Waals surface area contributed by atoms with Gasteiger partial charge in [0.25, 0.3) is 5.91 Å². The molecule has 0 bridgehead atoms. The summed E-state index contributed by atoms with van der Waals surface area (Å²) in [5.74, 6) is 0.105. The average Bonchev–Trinajstić information content (AvgIpc) is 2.90. The van der Waals surface area contributed by atoms with Gasteiger partial charge in [-0.1, -0.05) is 6.92 Å². The Morgan fingerprint density at radius 2 is 2.33 bits per heavy atom. The standard InChI is InChI=1S/C11H14ClNO2/c1-2-11(5-6-11)7-13-10(14)8-3-4-9(12)15-8/h3-4H,2,5-7H2,1H3,(H,13,14). The minimum Gasteiger partial charge on any atom is -0.440 e. The highest BCUT2D eigenvalue weighted by Crippen LogP contribution is 2.47. The molecule has 2 rings (SSSR count). The van der Waals surface area contributed by atoms with Crippen LogP contribution in [0.2, 0.25) is 5.22 Å². The van der Waals surface area contributed by atoms with Gasteiger partial charge in [0.05, 0.1) is 0 Å². The third kappa shape index (κ3) is 2.34. The molecule has 0 aliphatic heterocycles. The highest BCUT2D eigenvalue weighted by Gasteiger charge is 2.40. The van der Waals surface area contributed by atoms with Gasteiger partial charge in [-0.05, 0) is 48.4 Å². The van der Waals surface area contributed by atoms with E-state index in [1.165, 1.54) is 12.8 Å². The normalized spacial score (nSPS) is 17.5. The lowest BCUT2D eigenvalue weighted by molar-refractivity contribution is 0.0916. The summed E-state index contributed by atoms with van der Waals surface area (Å²) < 4.78 is 5.02. The molecule has 1 aromatic rings. The summed E-state index contributed by atoms with van der Waals surface area (Å²) in [6.07, 6.45) is 3.54. The smallest absolute Gasteiger partial charge is 0.287 e. The van der Waals surface area contributed by atoms with E-state index in [2.05, 4.69) is 12.2 Å². The van der Waals surface area contributed by atoms with Gasteiger partial charge >= 0.3 is 0 Å². The summed E-state index contributed by atoms with van der Waals surface area (Å²) in [6, 6.07) is 3.16. The predicted octanol–water partition coefficient (Wildman–Crippen LogP) is 2.85. The molecule has 0 spiro atoms. The molecular weight excluding hydrogens is 214 g/mol. The van der Waals surface area contributed by atoms with Crippen LogP contribution in [0.1, 0.15) is 36.7 Å². The van der Waals surface area contributed by atoms with E-state index in [0.717, 1.165) is 13.0 Å². The first-order valence-electron chi connectivity index (χ1n) is 5.19. The van der Waals surface area contributed by atoms with E-state index < -0.39 is 0 Å². The fourth-order valence-electron chi connectivity index (χ4n) is 1.62. The van der Waals surface area contributed by atoms with Crippen LogP contribution in [0.4, 0.5) is 0 Å². The number of rotatable bonds is 4. The first kappa shape index (κ1) is 10.6. The van der Waals surface area contributed by atoms with Crippen LogP contribution in [0.3, 0.4) is 0 Å². The van der Waals surface area contributed by atoms with Crippen LogP contribution in [-0.4, -0.2) is 12.5 Å². The number of hydrogen-bond donors (Lipinski definition) is 1. The van der Waals surface area contributed by atoms with Crippen LogP contribution in [0, 0.1) is 5.41 Å². The van der Waals surface area contributed by atoms with Crippen LogP contribution < -0.4 is 5.32 Å². The van der Waals surface area contributed by atoms with Crippen molar-refractivity contribution in [2.24, 2.45) is 5.41 Å². The lowest BCUT2D eigenvalue weighted by atomic mass is 10.0. The van der Waals surface area contributed by atoms with Crippen molar-refractivity contribution in [3.63, 3.8) is 0 Å². The zero-order valence-corrected chi connectivity index (χ0v) is 9.43. The minimum atomic E-state index is -0.179. The third-order valence-electron chi connectivity index (χ3n) is 3.13. The van der Waals surface area contributed by atoms with Crippen LogP contribution in [-0.2, 0) is 0 Å². The molecule has 1 aliphatic carbocycles. The van der Waals surface area contributed by atoms with Crippen LogP contribution in [0.15, 0.2) is 16.5 Å². The summed E-state index contributed by atoms with van der Waals surface area (Å²) in [5.41, 5.74) is 0.353. The first-order chi connectivity index (χ1) is 7.15. The van der Waals surface area contributed by atoms with Gasteiger partial charge in [0.1, 0.15) is 0 Å². The van der Waals surface area contributed by atoms with Gasteiger partial charge in [-0.2, -0.15) is 0 Å². The summed E-state index contributed by atoms with van der Waals surface area (Å²) >= 11 is 5.59. The summed E-state index contributed by atoms with van der Waals surface area (Å²) in [5, 5.41) is 3.12. The van der Waals surface area contributed by atoms with Crippen molar-refractivity contribution >= 4 is 17.5 Å². The molecule has 1 aliphatic rings. The molecule has 4 heteroatoms. The molecule has 1 N–H and O–H groups in total. The summed E-state index contributed by atoms with van der Waals surface area (Å²) in [4.78, 5) is 11.6. The molecule has 1 heterocycles. The van der Waals surface area contributed by atoms with Crippen LogP contribution in [0.5, 0.6) is 0 Å². The molecule has 0 unspecified atom stereocenters. The number of carbonyl (C=O) groups excluding carboxylic acids is 1. The zero-order chi connectivity index (χ0) is 10.9. The van der Waals surface area contributed by atoms with Gasteiger partial charge in [-0.3, -0.25) is 4.79 Å². The number of hydrogen-bond acceptors (Lipinski definition) is 2. The minimum absolute atomic E-state index is 0.179. The van der Waals surface area contributed by atoms with Gasteiger partial charge < -0.3 is 9.73 Å². The fourth-order valence-corrected chi connectivity index (χ4v) is 1.77. The van der Waals surface area contributed by atoms with E-state index in [0.29, 0.717) is 5.41 Å². The van der Waals surface area contributed by atoms with E-state index in [9.17, 15) is 4.79 Å². The van der Waals surface area contributed by atoms with Crippen molar-refractivity contribution in [1.82, 2.24) is 5.32 Å². The lowest BCUT2D eigenvalue weighted by Crippen LogP contribution is -2.29. The molecule has 0 aromatic carbocycles. The van der Waals surface area contributed by atoms with E-state index in [1.54, 1.807) is 12.1 Å². The van der Waals surface area contributed by atoms with Crippen molar-refractivity contribution in [2.75, 3.05) is 6.54 Å². The molecule has 1 amide bonds. The molecule has 1 fully saturated rings. The molecule has 82 valence electrons. The maximum atomic E-state index is 11.6. The number of halogens is 1. The molecule has 3 nitrogen and oxygen atoms in total. The Balaban J connectivity index is 1.88. The molecule has 0 saturated heterocycles. The van der Waals surface area contributed by atoms with Crippen molar-refractivity contribution < 1.29 is 9.21 Å². The van der Waals surface area contributed by atoms with Gasteiger partial charge in [-0.25, -0.2) is 0 Å². The van der Waals surface area contributed by atoms with E-state index in [1.807, 2.05) is 0 Å². The van der Waals surface area contributed by atoms with Crippen molar-refractivity contribution in [1.29, 1.82) is 0 Å². The maximum Gasteiger partial charge on any atom is 0.287 e. The van der Waals surface area contributed by atoms with E-state index >= 15 is 0 Å². The number of furan rings is 1. The largest absolute Gasteiger partial charge is 0.440 e. The molecule has 15 heavy (non-hydrogen) atoms. The van der Waals surface area contributed by atoms with Gasteiger partial charge in [0.15, 0.2) is 11.0 Å². The van der Waals surface area contributed by atoms with Gasteiger partial charge in [-0.15, -0.1) is 0 Å². The third-order valence-corrected chi connectivity index (χ3v) is 3.33. The van der Waals surface area contributed by atoms with Crippen LogP contribution in [0.25, 0.3) is 0 Å². The Bertz CT molecular complexity index is 368. The van der Waals surface area contributed by atoms with E-state index in [-0.39, 0.29) is 16.9 Å². The second-order valence-corrected chi connectivity index (χ2v) is 4.51. The van der Waals surface area contributed by atoms with Crippen molar-refractivity contribution in [2.45, 2.75) is 26.2 Å². The molecule has 1 saturated carbocycles. The van der Waals surface area contributed by atoms with Crippen molar-refractivity contribution in [3.8, 4) is 0 Å². The van der Waals surface area contributed by atoms with Crippen LogP contribution >= 0.6 is 11.6 Å². The quantitative estimate of drug-likeness (QED) is 0.860. The Morgan fingerprint density at radius 3 is 2.80 bits per heavy atom.